The maximum atomic E-state index is 11.2. The number of carbonyl (C=O) groups excluding carboxylic acids is 1. The van der Waals surface area contributed by atoms with Gasteiger partial charge in [-0.2, -0.15) is 0 Å². The summed E-state index contributed by atoms with van der Waals surface area (Å²) in [6.07, 6.45) is 6.70. The number of carbonyl (C=O) groups is 1. The molecule has 0 aromatic heterocycles. The molecule has 0 heterocycles. The van der Waals surface area contributed by atoms with Gasteiger partial charge < -0.3 is 10.6 Å². The standard InChI is InChI=1S/C10H18N2O/c13-10(12-9-5-6-9)2-1-7-11-8-3-4-8/h8-9,11H,1-7H2,(H,12,13). The molecule has 1 amide bonds. The predicted molar refractivity (Wildman–Crippen MR) is 51.4 cm³/mol. The minimum Gasteiger partial charge on any atom is -0.353 e. The maximum Gasteiger partial charge on any atom is 0.220 e. The lowest BCUT2D eigenvalue weighted by Crippen LogP contribution is -2.26. The van der Waals surface area contributed by atoms with Gasteiger partial charge in [0.05, 0.1) is 0 Å². The highest BCUT2D eigenvalue weighted by molar-refractivity contribution is 5.76. The van der Waals surface area contributed by atoms with Crippen molar-refractivity contribution in [3.63, 3.8) is 0 Å². The van der Waals surface area contributed by atoms with E-state index in [2.05, 4.69) is 10.6 Å². The first kappa shape index (κ1) is 9.00. The molecule has 2 saturated carbocycles. The Kier molecular flexibility index (Phi) is 2.83. The summed E-state index contributed by atoms with van der Waals surface area (Å²) >= 11 is 0. The van der Waals surface area contributed by atoms with Gasteiger partial charge in [-0.1, -0.05) is 0 Å². The lowest BCUT2D eigenvalue weighted by Gasteiger charge is -2.03. The Morgan fingerprint density at radius 2 is 1.85 bits per heavy atom. The van der Waals surface area contributed by atoms with Crippen molar-refractivity contribution < 1.29 is 4.79 Å². The van der Waals surface area contributed by atoms with E-state index in [-0.39, 0.29) is 5.91 Å². The van der Waals surface area contributed by atoms with E-state index in [0.29, 0.717) is 12.5 Å². The van der Waals surface area contributed by atoms with Gasteiger partial charge in [0.25, 0.3) is 0 Å². The summed E-state index contributed by atoms with van der Waals surface area (Å²) in [5.74, 6) is 0.236. The van der Waals surface area contributed by atoms with Crippen LogP contribution >= 0.6 is 0 Å². The van der Waals surface area contributed by atoms with E-state index in [0.717, 1.165) is 19.0 Å². The number of hydrogen-bond donors (Lipinski definition) is 2. The van der Waals surface area contributed by atoms with Crippen LogP contribution in [0.25, 0.3) is 0 Å². The molecule has 0 atom stereocenters. The van der Waals surface area contributed by atoms with E-state index in [4.69, 9.17) is 0 Å². The van der Waals surface area contributed by atoms with Crippen LogP contribution in [0.4, 0.5) is 0 Å². The number of hydrogen-bond acceptors (Lipinski definition) is 2. The summed E-state index contributed by atoms with van der Waals surface area (Å²) in [5.41, 5.74) is 0. The summed E-state index contributed by atoms with van der Waals surface area (Å²) in [6.45, 7) is 1.00. The molecule has 13 heavy (non-hydrogen) atoms. The van der Waals surface area contributed by atoms with E-state index < -0.39 is 0 Å². The first-order valence-corrected chi connectivity index (χ1v) is 5.37. The van der Waals surface area contributed by atoms with Crippen molar-refractivity contribution in [2.24, 2.45) is 0 Å². The van der Waals surface area contributed by atoms with Crippen LogP contribution < -0.4 is 10.6 Å². The molecule has 0 radical (unpaired) electrons. The number of nitrogens with one attached hydrogen (secondary N) is 2. The van der Waals surface area contributed by atoms with E-state index in [1.807, 2.05) is 0 Å². The topological polar surface area (TPSA) is 41.1 Å². The van der Waals surface area contributed by atoms with E-state index in [1.54, 1.807) is 0 Å². The fraction of sp³-hybridized carbons (Fsp3) is 0.900. The molecule has 0 unspecified atom stereocenters. The summed E-state index contributed by atoms with van der Waals surface area (Å²) in [6, 6.07) is 1.29. The van der Waals surface area contributed by atoms with Crippen molar-refractivity contribution >= 4 is 5.91 Å². The zero-order chi connectivity index (χ0) is 9.10. The molecule has 2 aliphatic carbocycles. The molecule has 3 nitrogen and oxygen atoms in total. The van der Waals surface area contributed by atoms with Crippen LogP contribution in [-0.2, 0) is 4.79 Å². The Labute approximate surface area is 79.3 Å². The molecule has 0 bridgehead atoms. The summed E-state index contributed by atoms with van der Waals surface area (Å²) in [7, 11) is 0. The van der Waals surface area contributed by atoms with Crippen molar-refractivity contribution in [3.05, 3.63) is 0 Å². The second-order valence-electron chi connectivity index (χ2n) is 4.17. The molecule has 74 valence electrons. The van der Waals surface area contributed by atoms with Crippen LogP contribution in [0.3, 0.4) is 0 Å². The van der Waals surface area contributed by atoms with Gasteiger partial charge in [-0.05, 0) is 38.6 Å². The van der Waals surface area contributed by atoms with Gasteiger partial charge in [0.2, 0.25) is 5.91 Å². The third kappa shape index (κ3) is 3.77. The van der Waals surface area contributed by atoms with Gasteiger partial charge in [0.1, 0.15) is 0 Å². The monoisotopic (exact) mass is 182 g/mol. The van der Waals surface area contributed by atoms with Gasteiger partial charge in [-0.3, -0.25) is 4.79 Å². The van der Waals surface area contributed by atoms with E-state index in [1.165, 1.54) is 25.7 Å². The Morgan fingerprint density at radius 1 is 1.15 bits per heavy atom. The fourth-order valence-corrected chi connectivity index (χ4v) is 1.37. The Hall–Kier alpha value is -0.570. The van der Waals surface area contributed by atoms with Crippen molar-refractivity contribution in [3.8, 4) is 0 Å². The van der Waals surface area contributed by atoms with Crippen molar-refractivity contribution in [1.29, 1.82) is 0 Å². The molecule has 2 rings (SSSR count). The average molecular weight is 182 g/mol. The van der Waals surface area contributed by atoms with Crippen LogP contribution in [0, 0.1) is 0 Å². The van der Waals surface area contributed by atoms with Crippen LogP contribution in [-0.4, -0.2) is 24.5 Å². The quantitative estimate of drug-likeness (QED) is 0.596. The molecule has 2 fully saturated rings. The number of amides is 1. The summed E-state index contributed by atoms with van der Waals surface area (Å²) in [4.78, 5) is 11.2. The minimum atomic E-state index is 0.236. The third-order valence-electron chi connectivity index (χ3n) is 2.53. The molecule has 0 spiro atoms. The Morgan fingerprint density at radius 3 is 2.46 bits per heavy atom. The maximum absolute atomic E-state index is 11.2. The van der Waals surface area contributed by atoms with Crippen LogP contribution in [0.5, 0.6) is 0 Å². The summed E-state index contributed by atoms with van der Waals surface area (Å²) in [5, 5.41) is 6.39. The first-order chi connectivity index (χ1) is 6.34. The molecule has 2 aliphatic rings. The smallest absolute Gasteiger partial charge is 0.220 e. The highest BCUT2D eigenvalue weighted by Gasteiger charge is 2.23. The van der Waals surface area contributed by atoms with Crippen molar-refractivity contribution in [1.82, 2.24) is 10.6 Å². The highest BCUT2D eigenvalue weighted by Crippen LogP contribution is 2.19. The second kappa shape index (κ2) is 4.09. The average Bonchev–Trinajstić information content (AvgIpc) is 2.92. The van der Waals surface area contributed by atoms with Gasteiger partial charge in [-0.25, -0.2) is 0 Å². The third-order valence-corrected chi connectivity index (χ3v) is 2.53. The Bertz CT molecular complexity index is 185. The molecule has 2 N–H and O–H groups in total. The van der Waals surface area contributed by atoms with Gasteiger partial charge in [0.15, 0.2) is 0 Å². The highest BCUT2D eigenvalue weighted by atomic mass is 16.1. The van der Waals surface area contributed by atoms with E-state index >= 15 is 0 Å². The van der Waals surface area contributed by atoms with Crippen LogP contribution in [0.15, 0.2) is 0 Å². The zero-order valence-corrected chi connectivity index (χ0v) is 8.01. The fourth-order valence-electron chi connectivity index (χ4n) is 1.37. The molecule has 0 aliphatic heterocycles. The van der Waals surface area contributed by atoms with Gasteiger partial charge >= 0.3 is 0 Å². The van der Waals surface area contributed by atoms with Gasteiger partial charge in [0, 0.05) is 18.5 Å². The van der Waals surface area contributed by atoms with Crippen LogP contribution in [0.1, 0.15) is 38.5 Å². The zero-order valence-electron chi connectivity index (χ0n) is 8.01. The molecule has 0 aromatic carbocycles. The molecule has 0 aromatic rings. The lowest BCUT2D eigenvalue weighted by molar-refractivity contribution is -0.121. The molecule has 0 saturated heterocycles. The lowest BCUT2D eigenvalue weighted by atomic mass is 10.3. The largest absolute Gasteiger partial charge is 0.353 e. The molecule has 3 heteroatoms. The van der Waals surface area contributed by atoms with Crippen LogP contribution in [0.2, 0.25) is 0 Å². The van der Waals surface area contributed by atoms with E-state index in [9.17, 15) is 4.79 Å². The van der Waals surface area contributed by atoms with Crippen molar-refractivity contribution in [2.75, 3.05) is 6.54 Å². The SMILES string of the molecule is O=C(CCCNC1CC1)NC1CC1. The predicted octanol–water partition coefficient (Wildman–Crippen LogP) is 0.797. The van der Waals surface area contributed by atoms with Gasteiger partial charge in [-0.15, -0.1) is 0 Å². The molecular weight excluding hydrogens is 164 g/mol. The first-order valence-electron chi connectivity index (χ1n) is 5.37. The normalized spacial score (nSPS) is 21.5. The Balaban J connectivity index is 1.43. The minimum absolute atomic E-state index is 0.236. The van der Waals surface area contributed by atoms with Crippen molar-refractivity contribution in [2.45, 2.75) is 50.6 Å². The molecular formula is C10H18N2O. The number of rotatable bonds is 6. The summed E-state index contributed by atoms with van der Waals surface area (Å²) < 4.78 is 0. The second-order valence-corrected chi connectivity index (χ2v) is 4.17.